The van der Waals surface area contributed by atoms with Gasteiger partial charge in [0.2, 0.25) is 5.91 Å². The van der Waals surface area contributed by atoms with Gasteiger partial charge in [0.1, 0.15) is 5.69 Å². The van der Waals surface area contributed by atoms with Crippen molar-refractivity contribution < 1.29 is 23.2 Å². The highest BCUT2D eigenvalue weighted by Crippen LogP contribution is 2.38. The van der Waals surface area contributed by atoms with E-state index in [1.165, 1.54) is 17.9 Å². The maximum Gasteiger partial charge on any atom is 0.273 e. The summed E-state index contributed by atoms with van der Waals surface area (Å²) in [5, 5.41) is 22.7. The van der Waals surface area contributed by atoms with Crippen LogP contribution in [0.15, 0.2) is 30.3 Å². The Bertz CT molecular complexity index is 1450. The second kappa shape index (κ2) is 10.6. The van der Waals surface area contributed by atoms with Crippen molar-refractivity contribution in [1.29, 1.82) is 0 Å². The lowest BCUT2D eigenvalue weighted by Crippen LogP contribution is -2.31. The first-order valence-electron chi connectivity index (χ1n) is 13.2. The highest BCUT2D eigenvalue weighted by Gasteiger charge is 2.30. The minimum Gasteiger partial charge on any atom is -0.494 e. The van der Waals surface area contributed by atoms with Crippen LogP contribution in [0.25, 0.3) is 11.3 Å². The van der Waals surface area contributed by atoms with E-state index in [-0.39, 0.29) is 41.0 Å². The molecule has 1 saturated carbocycles. The molecule has 3 aromatic rings. The van der Waals surface area contributed by atoms with Crippen LogP contribution in [-0.4, -0.2) is 57.8 Å². The van der Waals surface area contributed by atoms with Crippen molar-refractivity contribution in [3.05, 3.63) is 41.7 Å². The number of carbonyl (C=O) groups is 3. The van der Waals surface area contributed by atoms with Crippen LogP contribution in [0.5, 0.6) is 5.75 Å². The summed E-state index contributed by atoms with van der Waals surface area (Å²) in [7, 11) is 3.11. The second-order valence-electron chi connectivity index (χ2n) is 8.89. The predicted molar refractivity (Wildman–Crippen MR) is 138 cm³/mol. The standard InChI is InChI=1S/C25H30N8O4/c1-13(2)27-24(35)19-11-17(32-33(19)4)15-7-6-8-16(22(15)37-5)28-18-12-20(29-23(34)14-9-10-14)30-31-21(18)25(36)26-3/h6-8,11-14H,9-10H2,1-5H3,(H,26,36)(H,27,35)(H2,28,29,30,34)/i3D3. The largest absolute Gasteiger partial charge is 0.494 e. The van der Waals surface area contributed by atoms with Crippen LogP contribution in [0.3, 0.4) is 0 Å². The Hall–Kier alpha value is -4.48. The first-order valence-corrected chi connectivity index (χ1v) is 11.7. The molecule has 37 heavy (non-hydrogen) atoms. The first kappa shape index (κ1) is 21.8. The SMILES string of the molecule is [2H]C([2H])([2H])NC(=O)c1nnc(NC(=O)C2CC2)cc1Nc1cccc(-c2cc(C(=O)NC(C)C)n(C)n2)c1OC. The van der Waals surface area contributed by atoms with Crippen LogP contribution in [0.4, 0.5) is 17.2 Å². The summed E-state index contributed by atoms with van der Waals surface area (Å²) in [6, 6.07) is 8.11. The highest BCUT2D eigenvalue weighted by molar-refractivity contribution is 6.00. The van der Waals surface area contributed by atoms with Crippen LogP contribution in [0.1, 0.15) is 51.8 Å². The van der Waals surface area contributed by atoms with Crippen LogP contribution in [-0.2, 0) is 11.8 Å². The van der Waals surface area contributed by atoms with E-state index in [2.05, 4.69) is 31.2 Å². The highest BCUT2D eigenvalue weighted by atomic mass is 16.5. The van der Waals surface area contributed by atoms with Gasteiger partial charge in [0.25, 0.3) is 11.8 Å². The Balaban J connectivity index is 1.72. The lowest BCUT2D eigenvalue weighted by molar-refractivity contribution is -0.117. The molecule has 1 fully saturated rings. The van der Waals surface area contributed by atoms with E-state index in [1.807, 2.05) is 19.2 Å². The van der Waals surface area contributed by atoms with Crippen molar-refractivity contribution in [3.8, 4) is 17.0 Å². The molecule has 1 aromatic carbocycles. The summed E-state index contributed by atoms with van der Waals surface area (Å²) < 4.78 is 29.3. The molecule has 0 radical (unpaired) electrons. The summed E-state index contributed by atoms with van der Waals surface area (Å²) in [5.74, 6) is -1.16. The Morgan fingerprint density at radius 3 is 2.59 bits per heavy atom. The molecule has 2 aromatic heterocycles. The normalized spacial score (nSPS) is 14.2. The third-order valence-corrected chi connectivity index (χ3v) is 5.62. The monoisotopic (exact) mass is 509 g/mol. The molecular weight excluding hydrogens is 476 g/mol. The van der Waals surface area contributed by atoms with Crippen LogP contribution >= 0.6 is 0 Å². The van der Waals surface area contributed by atoms with E-state index in [0.29, 0.717) is 28.4 Å². The van der Waals surface area contributed by atoms with Gasteiger partial charge >= 0.3 is 0 Å². The van der Waals surface area contributed by atoms with E-state index in [4.69, 9.17) is 8.85 Å². The van der Waals surface area contributed by atoms with Gasteiger partial charge in [-0.05, 0) is 44.9 Å². The Morgan fingerprint density at radius 1 is 1.14 bits per heavy atom. The average molecular weight is 510 g/mol. The van der Waals surface area contributed by atoms with Crippen LogP contribution in [0.2, 0.25) is 0 Å². The fourth-order valence-corrected chi connectivity index (χ4v) is 3.70. The number of hydrogen-bond donors (Lipinski definition) is 4. The summed E-state index contributed by atoms with van der Waals surface area (Å²) in [4.78, 5) is 37.6. The molecule has 0 bridgehead atoms. The number of amides is 3. The minimum atomic E-state index is -2.76. The van der Waals surface area contributed by atoms with Gasteiger partial charge in [-0.25, -0.2) is 0 Å². The van der Waals surface area contributed by atoms with Gasteiger partial charge in [0, 0.05) is 41.7 Å². The number of aromatic nitrogens is 4. The third-order valence-electron chi connectivity index (χ3n) is 5.62. The fourth-order valence-electron chi connectivity index (χ4n) is 3.70. The van der Waals surface area contributed by atoms with Gasteiger partial charge in [-0.3, -0.25) is 19.1 Å². The van der Waals surface area contributed by atoms with Gasteiger partial charge in [-0.1, -0.05) is 6.07 Å². The maximum atomic E-state index is 12.8. The fraction of sp³-hybridized carbons (Fsp3) is 0.360. The van der Waals surface area contributed by atoms with Crippen molar-refractivity contribution in [2.75, 3.05) is 24.7 Å². The molecule has 12 heteroatoms. The van der Waals surface area contributed by atoms with E-state index < -0.39 is 12.9 Å². The minimum absolute atomic E-state index is 0.0578. The molecule has 0 spiro atoms. The number of carbonyl (C=O) groups excluding carboxylic acids is 3. The van der Waals surface area contributed by atoms with E-state index in [1.54, 1.807) is 31.3 Å². The van der Waals surface area contributed by atoms with Gasteiger partial charge < -0.3 is 26.0 Å². The molecule has 2 heterocycles. The number of rotatable bonds is 9. The smallest absolute Gasteiger partial charge is 0.273 e. The number of para-hydroxylation sites is 1. The quantitative estimate of drug-likeness (QED) is 0.343. The number of nitrogens with one attached hydrogen (secondary N) is 4. The topological polar surface area (TPSA) is 152 Å². The molecule has 3 amide bonds. The zero-order valence-corrected chi connectivity index (χ0v) is 20.9. The average Bonchev–Trinajstić information content (AvgIpc) is 3.64. The molecule has 12 nitrogen and oxygen atoms in total. The molecule has 1 aliphatic rings. The van der Waals surface area contributed by atoms with Gasteiger partial charge in [0.05, 0.1) is 24.2 Å². The lowest BCUT2D eigenvalue weighted by atomic mass is 10.1. The number of ether oxygens (including phenoxy) is 1. The number of nitrogens with zero attached hydrogens (tertiary/aromatic N) is 4. The molecule has 0 saturated heterocycles. The van der Waals surface area contributed by atoms with E-state index in [9.17, 15) is 14.4 Å². The summed E-state index contributed by atoms with van der Waals surface area (Å²) >= 11 is 0. The zero-order valence-electron chi connectivity index (χ0n) is 23.9. The molecule has 4 rings (SSSR count). The van der Waals surface area contributed by atoms with Crippen molar-refractivity contribution in [2.45, 2.75) is 32.7 Å². The number of hydrogen-bond acceptors (Lipinski definition) is 8. The number of methoxy groups -OCH3 is 1. The van der Waals surface area contributed by atoms with Crippen LogP contribution < -0.4 is 26.0 Å². The van der Waals surface area contributed by atoms with Crippen molar-refractivity contribution >= 4 is 34.9 Å². The zero-order chi connectivity index (χ0) is 29.2. The molecule has 1 aliphatic carbocycles. The summed E-state index contributed by atoms with van der Waals surface area (Å²) in [6.07, 6.45) is 1.56. The summed E-state index contributed by atoms with van der Waals surface area (Å²) in [5.41, 5.74) is 1.51. The van der Waals surface area contributed by atoms with Crippen molar-refractivity contribution in [2.24, 2.45) is 13.0 Å². The van der Waals surface area contributed by atoms with Gasteiger partial charge in [0.15, 0.2) is 17.3 Å². The third kappa shape index (κ3) is 5.68. The molecular formula is C25H30N8O4. The molecule has 4 N–H and O–H groups in total. The Labute approximate surface area is 218 Å². The number of anilines is 3. The Morgan fingerprint density at radius 2 is 1.92 bits per heavy atom. The molecule has 0 atom stereocenters. The maximum absolute atomic E-state index is 12.8. The predicted octanol–water partition coefficient (Wildman–Crippen LogP) is 2.48. The number of benzene rings is 1. The van der Waals surface area contributed by atoms with Gasteiger partial charge in [-0.15, -0.1) is 10.2 Å². The number of aryl methyl sites for hydroxylation is 1. The van der Waals surface area contributed by atoms with Gasteiger partial charge in [-0.2, -0.15) is 5.10 Å². The lowest BCUT2D eigenvalue weighted by Gasteiger charge is -2.16. The molecule has 0 unspecified atom stereocenters. The van der Waals surface area contributed by atoms with E-state index >= 15 is 0 Å². The van der Waals surface area contributed by atoms with Crippen molar-refractivity contribution in [3.63, 3.8) is 0 Å². The first-order chi connectivity index (χ1) is 18.9. The molecule has 194 valence electrons. The Kier molecular flexibility index (Phi) is 6.26. The van der Waals surface area contributed by atoms with Crippen molar-refractivity contribution in [1.82, 2.24) is 30.6 Å². The van der Waals surface area contributed by atoms with E-state index in [0.717, 1.165) is 12.8 Å². The summed E-state index contributed by atoms with van der Waals surface area (Å²) in [6.45, 7) is 0.957. The second-order valence-corrected chi connectivity index (χ2v) is 8.89. The molecule has 0 aliphatic heterocycles. The van der Waals surface area contributed by atoms with Crippen LogP contribution in [0, 0.1) is 5.92 Å².